The van der Waals surface area contributed by atoms with Gasteiger partial charge in [0.2, 0.25) is 0 Å². The van der Waals surface area contributed by atoms with Crippen molar-refractivity contribution in [3.8, 4) is 5.69 Å². The van der Waals surface area contributed by atoms with Gasteiger partial charge in [-0.1, -0.05) is 21.1 Å². The molecule has 0 saturated heterocycles. The second kappa shape index (κ2) is 4.93. The fourth-order valence-corrected chi connectivity index (χ4v) is 1.82. The van der Waals surface area contributed by atoms with E-state index < -0.39 is 0 Å². The lowest BCUT2D eigenvalue weighted by Gasteiger charge is -2.01. The molecule has 3 nitrogen and oxygen atoms in total. The molecule has 6 heteroatoms. The zero-order chi connectivity index (χ0) is 11.5. The Morgan fingerprint density at radius 1 is 1.44 bits per heavy atom. The molecular formula is C10H8BrClFN3. The molecule has 0 aliphatic carbocycles. The molecule has 2 aromatic rings. The molecule has 1 aromatic heterocycles. The smallest absolute Gasteiger partial charge is 0.150 e. The van der Waals surface area contributed by atoms with Gasteiger partial charge in [-0.05, 0) is 18.2 Å². The number of alkyl halides is 1. The number of aryl methyl sites for hydroxylation is 1. The van der Waals surface area contributed by atoms with Gasteiger partial charge >= 0.3 is 0 Å². The quantitative estimate of drug-likeness (QED) is 0.816. The topological polar surface area (TPSA) is 30.7 Å². The first-order chi connectivity index (χ1) is 7.70. The normalized spacial score (nSPS) is 10.7. The van der Waals surface area contributed by atoms with Crippen molar-refractivity contribution in [2.75, 3.05) is 5.88 Å². The van der Waals surface area contributed by atoms with Crippen LogP contribution in [0.4, 0.5) is 4.39 Å². The summed E-state index contributed by atoms with van der Waals surface area (Å²) >= 11 is 8.78. The van der Waals surface area contributed by atoms with Crippen LogP contribution in [0.25, 0.3) is 5.69 Å². The lowest BCUT2D eigenvalue weighted by molar-refractivity contribution is 0.606. The van der Waals surface area contributed by atoms with E-state index in [2.05, 4.69) is 26.2 Å². The monoisotopic (exact) mass is 303 g/mol. The fourth-order valence-electron chi connectivity index (χ4n) is 1.29. The van der Waals surface area contributed by atoms with Gasteiger partial charge in [0.05, 0.1) is 11.9 Å². The van der Waals surface area contributed by atoms with Crippen molar-refractivity contribution < 1.29 is 4.39 Å². The SMILES string of the molecule is Fc1cc(Br)ccc1-n1cc(CCCl)nn1. The summed E-state index contributed by atoms with van der Waals surface area (Å²) in [6.07, 6.45) is 2.30. The number of benzene rings is 1. The minimum absolute atomic E-state index is 0.350. The van der Waals surface area contributed by atoms with Crippen molar-refractivity contribution >= 4 is 27.5 Å². The Hall–Kier alpha value is -0.940. The van der Waals surface area contributed by atoms with Crippen LogP contribution in [0, 0.1) is 5.82 Å². The number of nitrogens with zero attached hydrogens (tertiary/aromatic N) is 3. The molecule has 0 N–H and O–H groups in total. The molecule has 84 valence electrons. The fraction of sp³-hybridized carbons (Fsp3) is 0.200. The van der Waals surface area contributed by atoms with Crippen LogP contribution >= 0.6 is 27.5 Å². The largest absolute Gasteiger partial charge is 0.217 e. The first kappa shape index (κ1) is 11.5. The molecule has 0 bridgehead atoms. The van der Waals surface area contributed by atoms with Crippen molar-refractivity contribution in [2.24, 2.45) is 0 Å². The van der Waals surface area contributed by atoms with E-state index >= 15 is 0 Å². The number of rotatable bonds is 3. The highest BCUT2D eigenvalue weighted by Gasteiger charge is 2.07. The standard InChI is InChI=1S/C10H8BrClFN3/c11-7-1-2-10(9(13)5-7)16-6-8(3-4-12)14-15-16/h1-2,5-6H,3-4H2. The Morgan fingerprint density at radius 3 is 2.94 bits per heavy atom. The van der Waals surface area contributed by atoms with Crippen molar-refractivity contribution in [1.29, 1.82) is 0 Å². The first-order valence-corrected chi connectivity index (χ1v) is 5.96. The molecule has 0 fully saturated rings. The third-order valence-corrected chi connectivity index (χ3v) is 2.73. The van der Waals surface area contributed by atoms with E-state index in [-0.39, 0.29) is 5.82 Å². The summed E-state index contributed by atoms with van der Waals surface area (Å²) in [5.74, 6) is 0.123. The van der Waals surface area contributed by atoms with Crippen LogP contribution in [0.5, 0.6) is 0 Å². The van der Waals surface area contributed by atoms with Gasteiger partial charge in [0.1, 0.15) is 11.5 Å². The lowest BCUT2D eigenvalue weighted by Crippen LogP contribution is -1.98. The van der Waals surface area contributed by atoms with Crippen molar-refractivity contribution in [3.63, 3.8) is 0 Å². The molecule has 16 heavy (non-hydrogen) atoms. The predicted molar refractivity (Wildman–Crippen MR) is 63.4 cm³/mol. The van der Waals surface area contributed by atoms with E-state index in [9.17, 15) is 4.39 Å². The molecule has 0 saturated carbocycles. The third-order valence-electron chi connectivity index (χ3n) is 2.05. The van der Waals surface area contributed by atoms with Gasteiger partial charge in [0, 0.05) is 16.8 Å². The maximum atomic E-state index is 13.6. The van der Waals surface area contributed by atoms with E-state index in [1.807, 2.05) is 0 Å². The van der Waals surface area contributed by atoms with Crippen LogP contribution in [0.3, 0.4) is 0 Å². The lowest BCUT2D eigenvalue weighted by atomic mass is 10.3. The highest BCUT2D eigenvalue weighted by atomic mass is 79.9. The highest BCUT2D eigenvalue weighted by Crippen LogP contribution is 2.18. The Bertz CT molecular complexity index is 501. The van der Waals surface area contributed by atoms with Gasteiger partial charge in [-0.2, -0.15) is 0 Å². The summed E-state index contributed by atoms with van der Waals surface area (Å²) in [6, 6.07) is 4.78. The summed E-state index contributed by atoms with van der Waals surface area (Å²) in [7, 11) is 0. The van der Waals surface area contributed by atoms with Crippen LogP contribution < -0.4 is 0 Å². The number of aromatic nitrogens is 3. The molecule has 1 aromatic carbocycles. The van der Waals surface area contributed by atoms with Crippen LogP contribution in [-0.2, 0) is 6.42 Å². The summed E-state index contributed by atoms with van der Waals surface area (Å²) < 4.78 is 15.7. The first-order valence-electron chi connectivity index (χ1n) is 4.63. The van der Waals surface area contributed by atoms with Crippen LogP contribution in [-0.4, -0.2) is 20.9 Å². The Labute approximate surface area is 105 Å². The maximum absolute atomic E-state index is 13.6. The van der Waals surface area contributed by atoms with Crippen molar-refractivity contribution in [1.82, 2.24) is 15.0 Å². The predicted octanol–water partition coefficient (Wildman–Crippen LogP) is 2.95. The second-order valence-electron chi connectivity index (χ2n) is 3.19. The van der Waals surface area contributed by atoms with Crippen LogP contribution in [0.15, 0.2) is 28.9 Å². The second-order valence-corrected chi connectivity index (χ2v) is 4.48. The Kier molecular flexibility index (Phi) is 3.56. The van der Waals surface area contributed by atoms with Gasteiger partial charge in [-0.3, -0.25) is 0 Å². The minimum atomic E-state index is -0.350. The van der Waals surface area contributed by atoms with E-state index in [4.69, 9.17) is 11.6 Å². The highest BCUT2D eigenvalue weighted by molar-refractivity contribution is 9.10. The van der Waals surface area contributed by atoms with Crippen molar-refractivity contribution in [2.45, 2.75) is 6.42 Å². The molecule has 0 amide bonds. The van der Waals surface area contributed by atoms with E-state index in [1.165, 1.54) is 10.7 Å². The van der Waals surface area contributed by atoms with Gasteiger partial charge in [0.25, 0.3) is 0 Å². The molecule has 0 aliphatic heterocycles. The molecule has 0 aliphatic rings. The van der Waals surface area contributed by atoms with Gasteiger partial charge in [0.15, 0.2) is 0 Å². The van der Waals surface area contributed by atoms with Crippen LogP contribution in [0.2, 0.25) is 0 Å². The third kappa shape index (κ3) is 2.41. The number of halogens is 3. The molecule has 1 heterocycles. The molecule has 0 atom stereocenters. The molecule has 0 radical (unpaired) electrons. The number of hydrogen-bond acceptors (Lipinski definition) is 2. The minimum Gasteiger partial charge on any atom is -0.217 e. The van der Waals surface area contributed by atoms with Gasteiger partial charge in [-0.15, -0.1) is 16.7 Å². The number of hydrogen-bond donors (Lipinski definition) is 0. The Morgan fingerprint density at radius 2 is 2.25 bits per heavy atom. The summed E-state index contributed by atoms with van der Waals surface area (Å²) in [5, 5.41) is 7.74. The summed E-state index contributed by atoms with van der Waals surface area (Å²) in [6.45, 7) is 0. The average molecular weight is 305 g/mol. The molecular weight excluding hydrogens is 296 g/mol. The maximum Gasteiger partial charge on any atom is 0.150 e. The summed E-state index contributed by atoms with van der Waals surface area (Å²) in [4.78, 5) is 0. The van der Waals surface area contributed by atoms with Gasteiger partial charge in [-0.25, -0.2) is 9.07 Å². The van der Waals surface area contributed by atoms with Crippen molar-refractivity contribution in [3.05, 3.63) is 40.4 Å². The summed E-state index contributed by atoms with van der Waals surface area (Å²) in [5.41, 5.74) is 1.12. The van der Waals surface area contributed by atoms with E-state index in [1.54, 1.807) is 18.3 Å². The van der Waals surface area contributed by atoms with Gasteiger partial charge < -0.3 is 0 Å². The molecule has 0 spiro atoms. The average Bonchev–Trinajstić information content (AvgIpc) is 2.67. The molecule has 2 rings (SSSR count). The van der Waals surface area contributed by atoms with Crippen LogP contribution in [0.1, 0.15) is 5.69 Å². The zero-order valence-electron chi connectivity index (χ0n) is 8.20. The zero-order valence-corrected chi connectivity index (χ0v) is 10.5. The van der Waals surface area contributed by atoms with E-state index in [0.717, 1.165) is 5.69 Å². The Balaban J connectivity index is 2.35. The van der Waals surface area contributed by atoms with E-state index in [0.29, 0.717) is 22.5 Å². The molecule has 0 unspecified atom stereocenters.